The lowest BCUT2D eigenvalue weighted by Gasteiger charge is -2.21. The first-order chi connectivity index (χ1) is 9.86. The molecule has 1 N–H and O–H groups in total. The highest BCUT2D eigenvalue weighted by molar-refractivity contribution is 7.99. The van der Waals surface area contributed by atoms with Gasteiger partial charge in [-0.3, -0.25) is 0 Å². The highest BCUT2D eigenvalue weighted by Gasteiger charge is 2.17. The summed E-state index contributed by atoms with van der Waals surface area (Å²) >= 11 is 1.99. The first kappa shape index (κ1) is 13.9. The summed E-state index contributed by atoms with van der Waals surface area (Å²) in [6, 6.07) is 10.7. The fourth-order valence-electron chi connectivity index (χ4n) is 2.90. The third kappa shape index (κ3) is 3.15. The molecule has 3 rings (SSSR count). The van der Waals surface area contributed by atoms with Crippen LogP contribution in [0.25, 0.3) is 10.9 Å². The first-order valence-corrected chi connectivity index (χ1v) is 8.44. The lowest BCUT2D eigenvalue weighted by atomic mass is 10.0. The number of fused-ring (bicyclic) bond motifs is 1. The van der Waals surface area contributed by atoms with Crippen LogP contribution in [0.1, 0.15) is 37.7 Å². The summed E-state index contributed by atoms with van der Waals surface area (Å²) in [7, 11) is 2.00. The maximum Gasteiger partial charge on any atom is 0.101 e. The molecule has 1 aromatic carbocycles. The number of aromatic nitrogens is 1. The smallest absolute Gasteiger partial charge is 0.101 e. The third-order valence-electron chi connectivity index (χ3n) is 3.96. The summed E-state index contributed by atoms with van der Waals surface area (Å²) in [4.78, 5) is 4.91. The monoisotopic (exact) mass is 286 g/mol. The van der Waals surface area contributed by atoms with E-state index < -0.39 is 0 Å². The van der Waals surface area contributed by atoms with Gasteiger partial charge in [0.05, 0.1) is 5.52 Å². The van der Waals surface area contributed by atoms with E-state index in [-0.39, 0.29) is 0 Å². The summed E-state index contributed by atoms with van der Waals surface area (Å²) in [5.41, 5.74) is 2.45. The number of para-hydroxylation sites is 1. The van der Waals surface area contributed by atoms with Crippen LogP contribution < -0.4 is 5.32 Å². The minimum atomic E-state index is 0.757. The van der Waals surface area contributed by atoms with Crippen LogP contribution in [0.5, 0.6) is 0 Å². The van der Waals surface area contributed by atoms with Crippen molar-refractivity contribution in [2.24, 2.45) is 0 Å². The normalized spacial score (nSPS) is 16.6. The molecule has 0 atom stereocenters. The highest BCUT2D eigenvalue weighted by atomic mass is 32.2. The molecule has 0 radical (unpaired) electrons. The molecule has 2 aromatic rings. The van der Waals surface area contributed by atoms with Crippen LogP contribution in [-0.4, -0.2) is 17.3 Å². The van der Waals surface area contributed by atoms with Crippen LogP contribution in [-0.2, 0) is 6.54 Å². The van der Waals surface area contributed by atoms with Gasteiger partial charge in [-0.05, 0) is 37.6 Å². The Morgan fingerprint density at radius 1 is 1.20 bits per heavy atom. The van der Waals surface area contributed by atoms with Gasteiger partial charge in [0.15, 0.2) is 0 Å². The first-order valence-electron chi connectivity index (χ1n) is 7.57. The fourth-order valence-corrected chi connectivity index (χ4v) is 4.22. The quantitative estimate of drug-likeness (QED) is 0.903. The molecule has 1 saturated carbocycles. The highest BCUT2D eigenvalue weighted by Crippen LogP contribution is 2.35. The van der Waals surface area contributed by atoms with Crippen LogP contribution >= 0.6 is 11.8 Å². The summed E-state index contributed by atoms with van der Waals surface area (Å²) < 4.78 is 0. The number of benzene rings is 1. The van der Waals surface area contributed by atoms with E-state index >= 15 is 0 Å². The van der Waals surface area contributed by atoms with Gasteiger partial charge in [0, 0.05) is 17.2 Å². The Kier molecular flexibility index (Phi) is 4.58. The van der Waals surface area contributed by atoms with Crippen molar-refractivity contribution in [2.45, 2.75) is 48.9 Å². The second-order valence-corrected chi connectivity index (χ2v) is 6.84. The molecule has 2 nitrogen and oxygen atoms in total. The number of nitrogens with zero attached hydrogens (tertiary/aromatic N) is 1. The summed E-state index contributed by atoms with van der Waals surface area (Å²) in [5.74, 6) is 0. The molecule has 1 aromatic heterocycles. The number of nitrogens with one attached hydrogen (secondary N) is 1. The lowest BCUT2D eigenvalue weighted by Crippen LogP contribution is -2.11. The van der Waals surface area contributed by atoms with Crippen molar-refractivity contribution in [1.82, 2.24) is 10.3 Å². The van der Waals surface area contributed by atoms with Crippen molar-refractivity contribution < 1.29 is 0 Å². The Bertz CT molecular complexity index is 576. The van der Waals surface area contributed by atoms with E-state index in [0.717, 1.165) is 17.3 Å². The average molecular weight is 286 g/mol. The number of rotatable bonds is 4. The molecule has 1 aliphatic rings. The van der Waals surface area contributed by atoms with Gasteiger partial charge >= 0.3 is 0 Å². The van der Waals surface area contributed by atoms with E-state index in [1.807, 2.05) is 18.8 Å². The SMILES string of the molecule is CNCc1cc2ccccc2nc1SC1CCCCC1. The van der Waals surface area contributed by atoms with E-state index in [2.05, 4.69) is 35.6 Å². The molecule has 0 saturated heterocycles. The van der Waals surface area contributed by atoms with Crippen LogP contribution in [0.4, 0.5) is 0 Å². The molecule has 3 heteroatoms. The Balaban J connectivity index is 1.91. The van der Waals surface area contributed by atoms with Gasteiger partial charge in [-0.25, -0.2) is 4.98 Å². The van der Waals surface area contributed by atoms with Crippen LogP contribution in [0.2, 0.25) is 0 Å². The zero-order chi connectivity index (χ0) is 13.8. The molecule has 1 fully saturated rings. The topological polar surface area (TPSA) is 24.9 Å². The van der Waals surface area contributed by atoms with Crippen LogP contribution in [0.3, 0.4) is 0 Å². The molecule has 106 valence electrons. The molecule has 0 aliphatic heterocycles. The van der Waals surface area contributed by atoms with E-state index in [4.69, 9.17) is 4.98 Å². The minimum absolute atomic E-state index is 0.757. The van der Waals surface area contributed by atoms with Crippen LogP contribution in [0, 0.1) is 0 Å². The van der Waals surface area contributed by atoms with Gasteiger partial charge in [0.25, 0.3) is 0 Å². The Morgan fingerprint density at radius 3 is 2.80 bits per heavy atom. The minimum Gasteiger partial charge on any atom is -0.316 e. The number of hydrogen-bond acceptors (Lipinski definition) is 3. The van der Waals surface area contributed by atoms with Gasteiger partial charge < -0.3 is 5.32 Å². The second-order valence-electron chi connectivity index (χ2n) is 5.55. The maximum absolute atomic E-state index is 4.91. The lowest BCUT2D eigenvalue weighted by molar-refractivity contribution is 0.515. The van der Waals surface area contributed by atoms with Gasteiger partial charge in [0.1, 0.15) is 5.03 Å². The van der Waals surface area contributed by atoms with Crippen molar-refractivity contribution in [3.05, 3.63) is 35.9 Å². The predicted octanol–water partition coefficient (Wildman–Crippen LogP) is 4.38. The fraction of sp³-hybridized carbons (Fsp3) is 0.471. The van der Waals surface area contributed by atoms with Crippen molar-refractivity contribution >= 4 is 22.7 Å². The number of pyridine rings is 1. The second kappa shape index (κ2) is 6.59. The summed E-state index contributed by atoms with van der Waals surface area (Å²) in [6.45, 7) is 0.896. The molecule has 20 heavy (non-hydrogen) atoms. The molecule has 0 unspecified atom stereocenters. The van der Waals surface area contributed by atoms with Crippen LogP contribution in [0.15, 0.2) is 35.4 Å². The Labute approximate surface area is 125 Å². The zero-order valence-corrected chi connectivity index (χ0v) is 12.9. The van der Waals surface area contributed by atoms with Crippen molar-refractivity contribution in [2.75, 3.05) is 7.05 Å². The number of thioether (sulfide) groups is 1. The molecule has 0 bridgehead atoms. The Morgan fingerprint density at radius 2 is 2.00 bits per heavy atom. The molecule has 1 aliphatic carbocycles. The molecule has 0 spiro atoms. The van der Waals surface area contributed by atoms with E-state index in [0.29, 0.717) is 0 Å². The predicted molar refractivity (Wildman–Crippen MR) is 87.2 cm³/mol. The molecule has 1 heterocycles. The molecular formula is C17H22N2S. The van der Waals surface area contributed by atoms with Gasteiger partial charge in [0.2, 0.25) is 0 Å². The van der Waals surface area contributed by atoms with E-state index in [1.54, 1.807) is 0 Å². The van der Waals surface area contributed by atoms with Gasteiger partial charge in [-0.15, -0.1) is 11.8 Å². The third-order valence-corrected chi connectivity index (χ3v) is 5.34. The summed E-state index contributed by atoms with van der Waals surface area (Å²) in [6.07, 6.45) is 6.86. The van der Waals surface area contributed by atoms with Crippen molar-refractivity contribution in [3.8, 4) is 0 Å². The zero-order valence-electron chi connectivity index (χ0n) is 12.1. The van der Waals surface area contributed by atoms with E-state index in [9.17, 15) is 0 Å². The van der Waals surface area contributed by atoms with Gasteiger partial charge in [-0.2, -0.15) is 0 Å². The summed E-state index contributed by atoms with van der Waals surface area (Å²) in [5, 5.41) is 6.50. The standard InChI is InChI=1S/C17H22N2S/c1-18-12-14-11-13-7-5-6-10-16(13)19-17(14)20-15-8-3-2-4-9-15/h5-7,10-11,15,18H,2-4,8-9,12H2,1H3. The Hall–Kier alpha value is -1.06. The average Bonchev–Trinajstić information content (AvgIpc) is 2.49. The van der Waals surface area contributed by atoms with Crippen molar-refractivity contribution in [3.63, 3.8) is 0 Å². The molecular weight excluding hydrogens is 264 g/mol. The maximum atomic E-state index is 4.91. The van der Waals surface area contributed by atoms with Gasteiger partial charge in [-0.1, -0.05) is 37.5 Å². The largest absolute Gasteiger partial charge is 0.316 e. The van der Waals surface area contributed by atoms with Crippen molar-refractivity contribution in [1.29, 1.82) is 0 Å². The molecule has 0 amide bonds. The van der Waals surface area contributed by atoms with E-state index in [1.165, 1.54) is 48.1 Å². The number of hydrogen-bond donors (Lipinski definition) is 1.